The first kappa shape index (κ1) is 21.2. The van der Waals surface area contributed by atoms with Crippen molar-refractivity contribution in [1.82, 2.24) is 5.32 Å². The fourth-order valence-corrected chi connectivity index (χ4v) is 1.92. The summed E-state index contributed by atoms with van der Waals surface area (Å²) in [4.78, 5) is 0. The van der Waals surface area contributed by atoms with Crippen LogP contribution in [0.4, 0.5) is 0 Å². The molecule has 2 unspecified atom stereocenters. The lowest BCUT2D eigenvalue weighted by Gasteiger charge is -2.14. The average molecular weight is 335 g/mol. The van der Waals surface area contributed by atoms with Gasteiger partial charge in [0.2, 0.25) is 0 Å². The van der Waals surface area contributed by atoms with E-state index in [0.29, 0.717) is 0 Å². The van der Waals surface area contributed by atoms with Crippen LogP contribution in [0.3, 0.4) is 0 Å². The van der Waals surface area contributed by atoms with Crippen molar-refractivity contribution < 1.29 is 0 Å². The van der Waals surface area contributed by atoms with E-state index in [2.05, 4.69) is 77.7 Å². The Kier molecular flexibility index (Phi) is 13.3. The highest BCUT2D eigenvalue weighted by atomic mass is 32.2. The van der Waals surface area contributed by atoms with E-state index >= 15 is 0 Å². The minimum Gasteiger partial charge on any atom is -0.303 e. The summed E-state index contributed by atoms with van der Waals surface area (Å²) in [5.74, 6) is 0.261. The average Bonchev–Trinajstić information content (AvgIpc) is 2.55. The molecule has 0 aliphatic heterocycles. The summed E-state index contributed by atoms with van der Waals surface area (Å²) >= 11 is 1.88. The summed E-state index contributed by atoms with van der Waals surface area (Å²) < 4.78 is 0. The molecule has 122 valence electrons. The molecule has 3 heteroatoms. The van der Waals surface area contributed by atoms with E-state index in [1.165, 1.54) is 11.1 Å². The number of thioether (sulfide) groups is 1. The maximum Gasteiger partial charge on any atom is 0.0463 e. The zero-order chi connectivity index (χ0) is 16.8. The fraction of sp³-hybridized carbons (Fsp3) is 0.368. The molecule has 0 saturated carbocycles. The molecule has 1 aromatic rings. The van der Waals surface area contributed by atoms with Gasteiger partial charge >= 0.3 is 0 Å². The van der Waals surface area contributed by atoms with Gasteiger partial charge in [-0.3, -0.25) is 0 Å². The zero-order valence-corrected chi connectivity index (χ0v) is 16.2. The molecule has 0 aliphatic rings. The normalized spacial score (nSPS) is 12.9. The van der Waals surface area contributed by atoms with E-state index in [4.69, 9.17) is 0 Å². The molecule has 0 bridgehead atoms. The highest BCUT2D eigenvalue weighted by molar-refractivity contribution is 7.99. The van der Waals surface area contributed by atoms with Gasteiger partial charge in [-0.1, -0.05) is 75.1 Å². The molecule has 1 rings (SSSR count). The third kappa shape index (κ3) is 10.8. The van der Waals surface area contributed by atoms with Crippen molar-refractivity contribution in [3.8, 4) is 0 Å². The van der Waals surface area contributed by atoms with Gasteiger partial charge in [0.1, 0.15) is 0 Å². The van der Waals surface area contributed by atoms with Crippen molar-refractivity contribution >= 4 is 21.0 Å². The van der Waals surface area contributed by atoms with Gasteiger partial charge in [-0.05, 0) is 29.6 Å². The van der Waals surface area contributed by atoms with Crippen molar-refractivity contribution in [3.05, 3.63) is 72.4 Å². The standard InChI is InChI=1S/C15H20NP.C4H10S/c1-3-5-11-14(4-2)15(17)16-12-13-9-7-6-8-10-13;1-4(2)5-3/h3-11,15-16H,1,12,17H2,2H3;4H,1-3H3/b11-5-,14-4+;. The predicted octanol–water partition coefficient (Wildman–Crippen LogP) is 5.42. The van der Waals surface area contributed by atoms with Gasteiger partial charge in [-0.15, -0.1) is 9.24 Å². The molecule has 0 aromatic heterocycles. The molecule has 1 N–H and O–H groups in total. The Labute approximate surface area is 143 Å². The molecule has 1 nitrogen and oxygen atoms in total. The minimum atomic E-state index is 0.261. The Hall–Kier alpha value is -0.820. The zero-order valence-electron chi connectivity index (χ0n) is 14.3. The highest BCUT2D eigenvalue weighted by Crippen LogP contribution is 2.12. The van der Waals surface area contributed by atoms with Crippen LogP contribution in [0.15, 0.2) is 66.8 Å². The number of rotatable bonds is 7. The second-order valence-corrected chi connectivity index (χ2v) is 7.09. The van der Waals surface area contributed by atoms with Crippen LogP contribution in [0.2, 0.25) is 0 Å². The Morgan fingerprint density at radius 2 is 1.91 bits per heavy atom. The third-order valence-corrected chi connectivity index (χ3v) is 4.52. The Morgan fingerprint density at radius 3 is 2.36 bits per heavy atom. The summed E-state index contributed by atoms with van der Waals surface area (Å²) in [7, 11) is 2.82. The van der Waals surface area contributed by atoms with Crippen molar-refractivity contribution in [2.45, 2.75) is 38.3 Å². The number of nitrogens with one attached hydrogen (secondary N) is 1. The largest absolute Gasteiger partial charge is 0.303 e. The van der Waals surface area contributed by atoms with Gasteiger partial charge in [0.15, 0.2) is 0 Å². The number of benzene rings is 1. The summed E-state index contributed by atoms with van der Waals surface area (Å²) in [6, 6.07) is 10.4. The maximum atomic E-state index is 3.68. The second kappa shape index (κ2) is 13.8. The lowest BCUT2D eigenvalue weighted by atomic mass is 10.2. The molecular formula is C19H30NPS. The molecule has 0 spiro atoms. The monoisotopic (exact) mass is 335 g/mol. The van der Waals surface area contributed by atoms with Crippen LogP contribution in [-0.4, -0.2) is 17.3 Å². The van der Waals surface area contributed by atoms with Gasteiger partial charge in [-0.25, -0.2) is 0 Å². The number of hydrogen-bond donors (Lipinski definition) is 1. The van der Waals surface area contributed by atoms with E-state index in [-0.39, 0.29) is 5.78 Å². The van der Waals surface area contributed by atoms with Crippen LogP contribution in [0.1, 0.15) is 26.3 Å². The van der Waals surface area contributed by atoms with Gasteiger partial charge in [-0.2, -0.15) is 11.8 Å². The first-order chi connectivity index (χ1) is 10.5. The summed E-state index contributed by atoms with van der Waals surface area (Å²) in [5.41, 5.74) is 2.54. The van der Waals surface area contributed by atoms with E-state index in [0.717, 1.165) is 11.8 Å². The van der Waals surface area contributed by atoms with Crippen LogP contribution >= 0.6 is 21.0 Å². The van der Waals surface area contributed by atoms with Crippen molar-refractivity contribution in [1.29, 1.82) is 0 Å². The van der Waals surface area contributed by atoms with Crippen LogP contribution in [0.25, 0.3) is 0 Å². The highest BCUT2D eigenvalue weighted by Gasteiger charge is 2.03. The van der Waals surface area contributed by atoms with Gasteiger partial charge < -0.3 is 5.32 Å². The third-order valence-electron chi connectivity index (χ3n) is 2.96. The molecule has 0 heterocycles. The molecule has 22 heavy (non-hydrogen) atoms. The molecular weight excluding hydrogens is 305 g/mol. The van der Waals surface area contributed by atoms with Crippen LogP contribution in [-0.2, 0) is 6.54 Å². The van der Waals surface area contributed by atoms with Crippen molar-refractivity contribution in [2.75, 3.05) is 6.26 Å². The SMILES string of the molecule is C=C/C=C\C(=C/C)C(P)NCc1ccccc1.CSC(C)C. The Balaban J connectivity index is 0.000000763. The van der Waals surface area contributed by atoms with Gasteiger partial charge in [0, 0.05) is 12.3 Å². The molecule has 0 radical (unpaired) electrons. The van der Waals surface area contributed by atoms with Gasteiger partial charge in [0.05, 0.1) is 0 Å². The first-order valence-corrected chi connectivity index (χ1v) is 9.51. The number of allylic oxidation sites excluding steroid dienone is 3. The maximum absolute atomic E-state index is 3.68. The molecule has 2 atom stereocenters. The van der Waals surface area contributed by atoms with E-state index < -0.39 is 0 Å². The summed E-state index contributed by atoms with van der Waals surface area (Å²) in [6.07, 6.45) is 10.0. The van der Waals surface area contributed by atoms with Gasteiger partial charge in [0.25, 0.3) is 0 Å². The van der Waals surface area contributed by atoms with Crippen molar-refractivity contribution in [2.24, 2.45) is 0 Å². The number of hydrogen-bond acceptors (Lipinski definition) is 2. The molecule has 0 aliphatic carbocycles. The first-order valence-electron chi connectivity index (χ1n) is 7.56. The van der Waals surface area contributed by atoms with Crippen LogP contribution < -0.4 is 5.32 Å². The molecule has 0 amide bonds. The summed E-state index contributed by atoms with van der Waals surface area (Å²) in [6.45, 7) is 11.0. The topological polar surface area (TPSA) is 12.0 Å². The molecule has 1 aromatic carbocycles. The van der Waals surface area contributed by atoms with Crippen LogP contribution in [0, 0.1) is 0 Å². The summed E-state index contributed by atoms with van der Waals surface area (Å²) in [5, 5.41) is 4.27. The Bertz CT molecular complexity index is 452. The van der Waals surface area contributed by atoms with E-state index in [1.54, 1.807) is 6.08 Å². The smallest absolute Gasteiger partial charge is 0.0463 e. The second-order valence-electron chi connectivity index (χ2n) is 5.01. The van der Waals surface area contributed by atoms with E-state index in [1.807, 2.05) is 30.8 Å². The lowest BCUT2D eigenvalue weighted by Crippen LogP contribution is -2.23. The Morgan fingerprint density at radius 1 is 1.32 bits per heavy atom. The quantitative estimate of drug-likeness (QED) is 0.527. The fourth-order valence-electron chi connectivity index (χ4n) is 1.50. The predicted molar refractivity (Wildman–Crippen MR) is 109 cm³/mol. The lowest BCUT2D eigenvalue weighted by molar-refractivity contribution is 0.710. The van der Waals surface area contributed by atoms with Crippen LogP contribution in [0.5, 0.6) is 0 Å². The minimum absolute atomic E-state index is 0.261. The van der Waals surface area contributed by atoms with Crippen molar-refractivity contribution in [3.63, 3.8) is 0 Å². The van der Waals surface area contributed by atoms with E-state index in [9.17, 15) is 0 Å². The molecule has 0 saturated heterocycles. The molecule has 0 fully saturated rings.